The molecule has 154 valence electrons. The zero-order valence-corrected chi connectivity index (χ0v) is 16.6. The number of carbonyl (C=O) groups is 1. The Bertz CT molecular complexity index is 1170. The van der Waals surface area contributed by atoms with Crippen LogP contribution in [-0.2, 0) is 16.6 Å². The first-order chi connectivity index (χ1) is 14.5. The fourth-order valence-electron chi connectivity index (χ4n) is 3.87. The summed E-state index contributed by atoms with van der Waals surface area (Å²) in [6.07, 6.45) is 2.32. The molecular formula is C20H18N4O5S. The molecule has 2 unspecified atom stereocenters. The van der Waals surface area contributed by atoms with Crippen molar-refractivity contribution in [2.45, 2.75) is 23.6 Å². The van der Waals surface area contributed by atoms with Crippen molar-refractivity contribution in [1.82, 2.24) is 19.3 Å². The van der Waals surface area contributed by atoms with Crippen molar-refractivity contribution in [3.05, 3.63) is 72.2 Å². The Morgan fingerprint density at radius 2 is 1.90 bits per heavy atom. The molecule has 0 radical (unpaired) electrons. The number of aromatic nitrogens is 2. The summed E-state index contributed by atoms with van der Waals surface area (Å²) >= 11 is 0. The summed E-state index contributed by atoms with van der Waals surface area (Å²) in [4.78, 5) is 18.5. The molecule has 0 aliphatic carbocycles. The van der Waals surface area contributed by atoms with Gasteiger partial charge >= 0.3 is 0 Å². The van der Waals surface area contributed by atoms with Crippen molar-refractivity contribution in [3.63, 3.8) is 0 Å². The molecule has 3 aromatic rings. The first-order valence-electron chi connectivity index (χ1n) is 9.41. The van der Waals surface area contributed by atoms with Crippen LogP contribution in [0.1, 0.15) is 16.1 Å². The summed E-state index contributed by atoms with van der Waals surface area (Å²) in [5.74, 6) is -0.207. The van der Waals surface area contributed by atoms with Gasteiger partial charge < -0.3 is 14.2 Å². The van der Waals surface area contributed by atoms with Crippen LogP contribution in [0.25, 0.3) is 0 Å². The third kappa shape index (κ3) is 3.14. The number of carbonyl (C=O) groups excluding carboxylic acids is 1. The second-order valence-electron chi connectivity index (χ2n) is 7.15. The molecule has 1 aromatic carbocycles. The van der Waals surface area contributed by atoms with Crippen LogP contribution in [0.2, 0.25) is 0 Å². The van der Waals surface area contributed by atoms with Gasteiger partial charge in [-0.1, -0.05) is 35.5 Å². The van der Waals surface area contributed by atoms with E-state index in [-0.39, 0.29) is 42.1 Å². The van der Waals surface area contributed by atoms with Crippen LogP contribution < -0.4 is 4.74 Å². The number of amides is 1. The zero-order chi connectivity index (χ0) is 20.7. The van der Waals surface area contributed by atoms with Gasteiger partial charge in [-0.05, 0) is 17.7 Å². The predicted molar refractivity (Wildman–Crippen MR) is 104 cm³/mol. The van der Waals surface area contributed by atoms with E-state index in [4.69, 9.17) is 9.26 Å². The van der Waals surface area contributed by atoms with Gasteiger partial charge in [0.25, 0.3) is 5.91 Å². The second kappa shape index (κ2) is 7.22. The van der Waals surface area contributed by atoms with Crippen LogP contribution in [0.3, 0.4) is 0 Å². The Hall–Kier alpha value is -3.24. The molecule has 5 rings (SSSR count). The molecule has 0 N–H and O–H groups in total. The van der Waals surface area contributed by atoms with Gasteiger partial charge in [0.1, 0.15) is 11.0 Å². The van der Waals surface area contributed by atoms with Crippen LogP contribution in [0.15, 0.2) is 70.3 Å². The van der Waals surface area contributed by atoms with Gasteiger partial charge in [0.05, 0.1) is 18.8 Å². The molecule has 9 nitrogen and oxygen atoms in total. The Kier molecular flexibility index (Phi) is 4.52. The molecule has 10 heteroatoms. The van der Waals surface area contributed by atoms with Crippen molar-refractivity contribution in [1.29, 1.82) is 0 Å². The van der Waals surface area contributed by atoms with E-state index in [0.717, 1.165) is 5.56 Å². The van der Waals surface area contributed by atoms with Crippen LogP contribution in [0, 0.1) is 0 Å². The zero-order valence-electron chi connectivity index (χ0n) is 15.8. The van der Waals surface area contributed by atoms with E-state index in [1.165, 1.54) is 33.7 Å². The molecule has 1 amide bonds. The van der Waals surface area contributed by atoms with Crippen molar-refractivity contribution in [2.75, 3.05) is 13.1 Å². The van der Waals surface area contributed by atoms with Crippen LogP contribution >= 0.6 is 0 Å². The minimum Gasteiger partial charge on any atom is -0.470 e. The molecule has 0 bridgehead atoms. The first-order valence-corrected chi connectivity index (χ1v) is 10.9. The van der Waals surface area contributed by atoms with Gasteiger partial charge in [-0.3, -0.25) is 4.79 Å². The molecule has 0 spiro atoms. The third-order valence-corrected chi connectivity index (χ3v) is 7.19. The molecule has 2 aliphatic heterocycles. The number of ether oxygens (including phenoxy) is 1. The summed E-state index contributed by atoms with van der Waals surface area (Å²) < 4.78 is 39.5. The van der Waals surface area contributed by atoms with Crippen LogP contribution in [0.4, 0.5) is 0 Å². The van der Waals surface area contributed by atoms with Crippen molar-refractivity contribution in [3.8, 4) is 5.88 Å². The topological polar surface area (TPSA) is 106 Å². The second-order valence-corrected chi connectivity index (χ2v) is 9.01. The van der Waals surface area contributed by atoms with E-state index in [1.807, 2.05) is 30.3 Å². The summed E-state index contributed by atoms with van der Waals surface area (Å²) in [6.45, 7) is 0.539. The van der Waals surface area contributed by atoms with E-state index in [1.54, 1.807) is 6.07 Å². The Labute approximate surface area is 172 Å². The molecule has 2 aromatic heterocycles. The van der Waals surface area contributed by atoms with E-state index < -0.39 is 22.2 Å². The highest BCUT2D eigenvalue weighted by molar-refractivity contribution is 7.89. The molecule has 2 aliphatic rings. The molecule has 4 heterocycles. The average molecular weight is 426 g/mol. The smallest absolute Gasteiger partial charge is 0.292 e. The Morgan fingerprint density at radius 1 is 1.07 bits per heavy atom. The summed E-state index contributed by atoms with van der Waals surface area (Å²) in [7, 11) is -3.90. The normalized spacial score (nSPS) is 22.6. The summed E-state index contributed by atoms with van der Waals surface area (Å²) in [5, 5.41) is 3.57. The van der Waals surface area contributed by atoms with Gasteiger partial charge in [-0.2, -0.15) is 4.31 Å². The van der Waals surface area contributed by atoms with E-state index >= 15 is 0 Å². The highest BCUT2D eigenvalue weighted by Gasteiger charge is 2.49. The van der Waals surface area contributed by atoms with Crippen LogP contribution in [-0.4, -0.2) is 58.9 Å². The van der Waals surface area contributed by atoms with Crippen molar-refractivity contribution < 1.29 is 22.5 Å². The van der Waals surface area contributed by atoms with Crippen molar-refractivity contribution in [2.24, 2.45) is 0 Å². The fraction of sp³-hybridized carbons (Fsp3) is 0.250. The van der Waals surface area contributed by atoms with Gasteiger partial charge in [0.15, 0.2) is 0 Å². The number of hydrogen-bond donors (Lipinski definition) is 0. The highest BCUT2D eigenvalue weighted by Crippen LogP contribution is 2.36. The molecular weight excluding hydrogens is 408 g/mol. The Morgan fingerprint density at radius 3 is 2.67 bits per heavy atom. The lowest BCUT2D eigenvalue weighted by Crippen LogP contribution is -2.46. The maximum atomic E-state index is 13.6. The molecule has 1 fully saturated rings. The SMILES string of the molecule is O=C(c1ccno1)N1CC2Oc3ncccc3S(=O)(=O)N(Cc3ccccc3)C2C1. The largest absolute Gasteiger partial charge is 0.470 e. The van der Waals surface area contributed by atoms with Gasteiger partial charge in [-0.15, -0.1) is 0 Å². The van der Waals surface area contributed by atoms with E-state index in [0.29, 0.717) is 0 Å². The lowest BCUT2D eigenvalue weighted by atomic mass is 10.1. The van der Waals surface area contributed by atoms with Gasteiger partial charge in [0, 0.05) is 25.4 Å². The van der Waals surface area contributed by atoms with Gasteiger partial charge in [-0.25, -0.2) is 13.4 Å². The summed E-state index contributed by atoms with van der Waals surface area (Å²) in [5.41, 5.74) is 0.840. The number of hydrogen-bond acceptors (Lipinski definition) is 7. The minimum absolute atomic E-state index is 0.0310. The van der Waals surface area contributed by atoms with E-state index in [9.17, 15) is 13.2 Å². The average Bonchev–Trinajstić information content (AvgIpc) is 3.41. The fourth-order valence-corrected chi connectivity index (χ4v) is 5.57. The van der Waals surface area contributed by atoms with Crippen molar-refractivity contribution >= 4 is 15.9 Å². The van der Waals surface area contributed by atoms with Gasteiger partial charge in [0.2, 0.25) is 21.7 Å². The lowest BCUT2D eigenvalue weighted by molar-refractivity contribution is 0.0729. The summed E-state index contributed by atoms with van der Waals surface area (Å²) in [6, 6.07) is 13.3. The minimum atomic E-state index is -3.90. The monoisotopic (exact) mass is 426 g/mol. The molecule has 0 saturated carbocycles. The first kappa shape index (κ1) is 18.8. The quantitative estimate of drug-likeness (QED) is 0.625. The van der Waals surface area contributed by atoms with Crippen LogP contribution in [0.5, 0.6) is 5.88 Å². The highest BCUT2D eigenvalue weighted by atomic mass is 32.2. The number of rotatable bonds is 3. The molecule has 30 heavy (non-hydrogen) atoms. The van der Waals surface area contributed by atoms with E-state index in [2.05, 4.69) is 10.1 Å². The predicted octanol–water partition coefficient (Wildman–Crippen LogP) is 1.55. The number of sulfonamides is 1. The number of likely N-dealkylation sites (tertiary alicyclic amines) is 1. The maximum absolute atomic E-state index is 13.6. The standard InChI is InChI=1S/C20H18N4O5S/c25-20(16-8-10-22-29-16)23-12-15-17(13-23)28-19-18(7-4-9-21-19)30(26,27)24(15)11-14-5-2-1-3-6-14/h1-10,15,17H,11-13H2. The maximum Gasteiger partial charge on any atom is 0.292 e. The number of nitrogens with zero attached hydrogens (tertiary/aromatic N) is 4. The number of fused-ring (bicyclic) bond motifs is 2. The lowest BCUT2D eigenvalue weighted by Gasteiger charge is -2.28. The number of pyridine rings is 1. The molecule has 1 saturated heterocycles. The molecule has 2 atom stereocenters. The number of benzene rings is 1. The Balaban J connectivity index is 1.55. The third-order valence-electron chi connectivity index (χ3n) is 5.31.